The Labute approximate surface area is 142 Å². The van der Waals surface area contributed by atoms with Crippen molar-refractivity contribution in [1.29, 1.82) is 0 Å². The molecule has 0 bridgehead atoms. The Hall–Kier alpha value is -2.33. The molecule has 2 aromatic carbocycles. The molecule has 3 rings (SSSR count). The van der Waals surface area contributed by atoms with Gasteiger partial charge in [-0.2, -0.15) is 0 Å². The van der Waals surface area contributed by atoms with E-state index in [0.29, 0.717) is 12.2 Å². The molecule has 1 aliphatic rings. The van der Waals surface area contributed by atoms with Gasteiger partial charge in [-0.1, -0.05) is 0 Å². The van der Waals surface area contributed by atoms with E-state index in [-0.39, 0.29) is 18.0 Å². The van der Waals surface area contributed by atoms with Gasteiger partial charge in [-0.15, -0.1) is 0 Å². The molecule has 126 valence electrons. The van der Waals surface area contributed by atoms with Gasteiger partial charge in [-0.3, -0.25) is 4.79 Å². The van der Waals surface area contributed by atoms with Gasteiger partial charge in [0.15, 0.2) is 0 Å². The maximum atomic E-state index is 12.5. The molecule has 4 nitrogen and oxygen atoms in total. The molecule has 1 fully saturated rings. The van der Waals surface area contributed by atoms with E-state index >= 15 is 0 Å². The van der Waals surface area contributed by atoms with Crippen LogP contribution in [0.3, 0.4) is 0 Å². The van der Waals surface area contributed by atoms with E-state index in [9.17, 15) is 4.79 Å². The third-order valence-corrected chi connectivity index (χ3v) is 4.95. The molecular formula is C20H24NO3+. The summed E-state index contributed by atoms with van der Waals surface area (Å²) in [5.41, 5.74) is 2.32. The fourth-order valence-corrected chi connectivity index (χ4v) is 3.39. The van der Waals surface area contributed by atoms with Crippen LogP contribution in [0.25, 0.3) is 0 Å². The molecule has 0 aromatic heterocycles. The van der Waals surface area contributed by atoms with Crippen molar-refractivity contribution in [3.63, 3.8) is 0 Å². The van der Waals surface area contributed by atoms with E-state index in [2.05, 4.69) is 17.4 Å². The van der Waals surface area contributed by atoms with Crippen LogP contribution in [0.5, 0.6) is 11.5 Å². The molecule has 0 aliphatic carbocycles. The first-order valence-electron chi connectivity index (χ1n) is 8.28. The highest BCUT2D eigenvalue weighted by Gasteiger charge is 2.38. The number of benzene rings is 2. The molecule has 2 aromatic rings. The van der Waals surface area contributed by atoms with Gasteiger partial charge in [0.2, 0.25) is 0 Å². The van der Waals surface area contributed by atoms with Crippen LogP contribution in [0.15, 0.2) is 48.5 Å². The lowest BCUT2D eigenvalue weighted by molar-refractivity contribution is -0.742. The lowest BCUT2D eigenvalue weighted by Crippen LogP contribution is -2.90. The van der Waals surface area contributed by atoms with E-state index < -0.39 is 0 Å². The van der Waals surface area contributed by atoms with Crippen LogP contribution in [0, 0.1) is 5.92 Å². The fourth-order valence-electron chi connectivity index (χ4n) is 3.39. The second-order valence-electron chi connectivity index (χ2n) is 6.33. The number of ketones is 1. The monoisotopic (exact) mass is 326 g/mol. The predicted molar refractivity (Wildman–Crippen MR) is 92.2 cm³/mol. The van der Waals surface area contributed by atoms with Crippen LogP contribution < -0.4 is 14.8 Å². The molecular weight excluding hydrogens is 302 g/mol. The first-order valence-corrected chi connectivity index (χ1v) is 8.28. The van der Waals surface area contributed by atoms with Crippen LogP contribution in [0.2, 0.25) is 0 Å². The zero-order valence-electron chi connectivity index (χ0n) is 14.4. The van der Waals surface area contributed by atoms with Crippen LogP contribution >= 0.6 is 0 Å². The largest absolute Gasteiger partial charge is 0.497 e. The molecule has 24 heavy (non-hydrogen) atoms. The summed E-state index contributed by atoms with van der Waals surface area (Å²) in [4.78, 5) is 12.5. The lowest BCUT2D eigenvalue weighted by Gasteiger charge is -2.32. The van der Waals surface area contributed by atoms with E-state index in [1.165, 1.54) is 0 Å². The molecule has 1 heterocycles. The average molecular weight is 326 g/mol. The number of Topliss-reactive ketones (excluding diaryl/α,β-unsaturated/α-hetero) is 1. The van der Waals surface area contributed by atoms with E-state index in [4.69, 9.17) is 9.47 Å². The summed E-state index contributed by atoms with van der Waals surface area (Å²) in [6, 6.07) is 16.3. The van der Waals surface area contributed by atoms with Gasteiger partial charge in [-0.05, 0) is 55.5 Å². The topological polar surface area (TPSA) is 52.1 Å². The van der Waals surface area contributed by atoms with Crippen molar-refractivity contribution in [2.45, 2.75) is 25.4 Å². The molecule has 1 aliphatic heterocycles. The predicted octanol–water partition coefficient (Wildman–Crippen LogP) is 2.66. The normalized spacial score (nSPS) is 23.8. The summed E-state index contributed by atoms with van der Waals surface area (Å²) in [5.74, 6) is 1.99. The Morgan fingerprint density at radius 2 is 1.38 bits per heavy atom. The van der Waals surface area contributed by atoms with Crippen LogP contribution in [0.4, 0.5) is 0 Å². The number of nitrogens with two attached hydrogens (primary N) is 1. The van der Waals surface area contributed by atoms with Crippen molar-refractivity contribution < 1.29 is 19.6 Å². The summed E-state index contributed by atoms with van der Waals surface area (Å²) in [6.45, 7) is 2.03. The van der Waals surface area contributed by atoms with Crippen molar-refractivity contribution in [1.82, 2.24) is 0 Å². The number of ether oxygens (including phenoxy) is 2. The minimum atomic E-state index is 0.00731. The molecule has 2 N–H and O–H groups in total. The van der Waals surface area contributed by atoms with Crippen LogP contribution in [-0.2, 0) is 4.79 Å². The molecule has 3 unspecified atom stereocenters. The highest BCUT2D eigenvalue weighted by Crippen LogP contribution is 2.30. The minimum Gasteiger partial charge on any atom is -0.497 e. The Morgan fingerprint density at radius 3 is 1.88 bits per heavy atom. The molecule has 0 spiro atoms. The van der Waals surface area contributed by atoms with Gasteiger partial charge in [0.1, 0.15) is 29.4 Å². The number of methoxy groups -OCH3 is 2. The van der Waals surface area contributed by atoms with Crippen molar-refractivity contribution in [3.8, 4) is 11.5 Å². The molecule has 4 heteroatoms. The molecule has 1 saturated heterocycles. The van der Waals surface area contributed by atoms with E-state index in [1.54, 1.807) is 14.2 Å². The second-order valence-corrected chi connectivity index (χ2v) is 6.33. The quantitative estimate of drug-likeness (QED) is 0.940. The minimum absolute atomic E-state index is 0.00731. The number of hydrogen-bond donors (Lipinski definition) is 1. The summed E-state index contributed by atoms with van der Waals surface area (Å²) in [7, 11) is 3.32. The zero-order valence-corrected chi connectivity index (χ0v) is 14.4. The lowest BCUT2D eigenvalue weighted by atomic mass is 9.82. The highest BCUT2D eigenvalue weighted by atomic mass is 16.5. The molecule has 0 amide bonds. The Morgan fingerprint density at radius 1 is 0.875 bits per heavy atom. The fraction of sp³-hybridized carbons (Fsp3) is 0.350. The maximum Gasteiger partial charge on any atom is 0.148 e. The summed E-state index contributed by atoms with van der Waals surface area (Å²) in [6.07, 6.45) is 0.570. The van der Waals surface area contributed by atoms with E-state index in [0.717, 1.165) is 22.6 Å². The maximum absolute atomic E-state index is 12.5. The summed E-state index contributed by atoms with van der Waals surface area (Å²) in [5, 5.41) is 2.32. The molecule has 0 radical (unpaired) electrons. The third-order valence-electron chi connectivity index (χ3n) is 4.95. The summed E-state index contributed by atoms with van der Waals surface area (Å²) < 4.78 is 10.4. The van der Waals surface area contributed by atoms with E-state index in [1.807, 2.05) is 43.3 Å². The van der Waals surface area contributed by atoms with Gasteiger partial charge in [0, 0.05) is 11.1 Å². The Bertz CT molecular complexity index is 694. The summed E-state index contributed by atoms with van der Waals surface area (Å²) >= 11 is 0. The number of piperidine rings is 1. The first kappa shape index (κ1) is 16.5. The molecule has 0 saturated carbocycles. The average Bonchev–Trinajstić information content (AvgIpc) is 2.64. The van der Waals surface area contributed by atoms with Gasteiger partial charge >= 0.3 is 0 Å². The number of hydrogen-bond acceptors (Lipinski definition) is 3. The smallest absolute Gasteiger partial charge is 0.148 e. The van der Waals surface area contributed by atoms with Crippen molar-refractivity contribution >= 4 is 5.78 Å². The number of quaternary nitrogens is 1. The Balaban J connectivity index is 1.84. The number of carbonyl (C=O) groups is 1. The third kappa shape index (κ3) is 3.29. The number of carbonyl (C=O) groups excluding carboxylic acids is 1. The van der Waals surface area contributed by atoms with Crippen molar-refractivity contribution in [2.24, 2.45) is 5.92 Å². The zero-order chi connectivity index (χ0) is 17.1. The van der Waals surface area contributed by atoms with Crippen molar-refractivity contribution in [2.75, 3.05) is 14.2 Å². The Kier molecular flexibility index (Phi) is 4.86. The van der Waals surface area contributed by atoms with Gasteiger partial charge < -0.3 is 14.8 Å². The first-order chi connectivity index (χ1) is 11.6. The number of rotatable bonds is 4. The second kappa shape index (κ2) is 7.05. The molecule has 3 atom stereocenters. The van der Waals surface area contributed by atoms with Crippen LogP contribution in [0.1, 0.15) is 36.6 Å². The van der Waals surface area contributed by atoms with Gasteiger partial charge in [0.05, 0.1) is 26.6 Å². The standard InChI is InChI=1S/C20H23NO3/c1-13-19(22)12-18(14-4-8-16(23-2)9-5-14)21-20(13)15-6-10-17(24-3)11-7-15/h4-11,13,18,20-21H,12H2,1-3H3/p+1. The van der Waals surface area contributed by atoms with Gasteiger partial charge in [0.25, 0.3) is 0 Å². The van der Waals surface area contributed by atoms with Crippen LogP contribution in [-0.4, -0.2) is 20.0 Å². The SMILES string of the molecule is COc1ccc(C2CC(=O)C(C)C(c3ccc(OC)cc3)[NH2+]2)cc1. The van der Waals surface area contributed by atoms with Crippen molar-refractivity contribution in [3.05, 3.63) is 59.7 Å². The van der Waals surface area contributed by atoms with Gasteiger partial charge in [-0.25, -0.2) is 0 Å². The highest BCUT2D eigenvalue weighted by molar-refractivity contribution is 5.82.